The smallest absolute Gasteiger partial charge is 0.315 e. The van der Waals surface area contributed by atoms with Crippen molar-refractivity contribution >= 4 is 23.2 Å². The van der Waals surface area contributed by atoms with E-state index in [1.165, 1.54) is 44.7 Å². The zero-order valence-corrected chi connectivity index (χ0v) is 13.1. The number of nitrogens with zero attached hydrogens (tertiary/aromatic N) is 1. The standard InChI is InChI=1S/C15H22N2O3S/c1-10(15(19)20)14(18)16-8-7-13-17-12(9-21-13)11-5-3-2-4-6-11/h9-11H,2-8H2,1H3,(H,16,18)(H,19,20). The molecular formula is C15H22N2O3S. The van der Waals surface area contributed by atoms with Gasteiger partial charge >= 0.3 is 5.97 Å². The number of carboxylic acid groups (broad SMARTS) is 1. The summed E-state index contributed by atoms with van der Waals surface area (Å²) < 4.78 is 0. The molecule has 0 saturated heterocycles. The molecule has 6 heteroatoms. The average molecular weight is 310 g/mol. The van der Waals surface area contributed by atoms with Gasteiger partial charge in [0.05, 0.1) is 10.7 Å². The van der Waals surface area contributed by atoms with Crippen LogP contribution >= 0.6 is 11.3 Å². The number of aromatic nitrogens is 1. The Hall–Kier alpha value is -1.43. The summed E-state index contributed by atoms with van der Waals surface area (Å²) in [6.07, 6.45) is 7.05. The first-order valence-electron chi connectivity index (χ1n) is 7.52. The quantitative estimate of drug-likeness (QED) is 0.791. The van der Waals surface area contributed by atoms with Crippen LogP contribution in [0.15, 0.2) is 5.38 Å². The van der Waals surface area contributed by atoms with Gasteiger partial charge in [-0.25, -0.2) is 4.98 Å². The van der Waals surface area contributed by atoms with Crippen molar-refractivity contribution in [1.29, 1.82) is 0 Å². The van der Waals surface area contributed by atoms with Gasteiger partial charge in [-0.1, -0.05) is 19.3 Å². The fourth-order valence-corrected chi connectivity index (χ4v) is 3.46. The Bertz CT molecular complexity index is 495. The van der Waals surface area contributed by atoms with Gasteiger partial charge in [-0.2, -0.15) is 0 Å². The summed E-state index contributed by atoms with van der Waals surface area (Å²) in [5, 5.41) is 14.5. The van der Waals surface area contributed by atoms with Crippen molar-refractivity contribution in [2.45, 2.75) is 51.4 Å². The summed E-state index contributed by atoms with van der Waals surface area (Å²) in [7, 11) is 0. The molecule has 0 bridgehead atoms. The van der Waals surface area contributed by atoms with Gasteiger partial charge in [0.1, 0.15) is 5.92 Å². The molecule has 2 N–H and O–H groups in total. The minimum atomic E-state index is -1.10. The number of amides is 1. The lowest BCUT2D eigenvalue weighted by Crippen LogP contribution is -2.34. The normalized spacial score (nSPS) is 17.4. The fourth-order valence-electron chi connectivity index (χ4n) is 2.58. The third kappa shape index (κ3) is 4.52. The minimum absolute atomic E-state index is 0.438. The third-order valence-electron chi connectivity index (χ3n) is 3.99. The molecule has 1 aliphatic carbocycles. The number of carboxylic acids is 1. The average Bonchev–Trinajstić information content (AvgIpc) is 2.96. The van der Waals surface area contributed by atoms with Crippen LogP contribution in [-0.4, -0.2) is 28.5 Å². The molecule has 1 aromatic heterocycles. The lowest BCUT2D eigenvalue weighted by molar-refractivity contribution is -0.146. The molecule has 1 saturated carbocycles. The van der Waals surface area contributed by atoms with Gasteiger partial charge in [0.25, 0.3) is 0 Å². The first kappa shape index (κ1) is 15.9. The molecule has 0 spiro atoms. The van der Waals surface area contributed by atoms with Crippen molar-refractivity contribution in [2.75, 3.05) is 6.54 Å². The maximum Gasteiger partial charge on any atom is 0.315 e. The van der Waals surface area contributed by atoms with Gasteiger partial charge in [0.2, 0.25) is 5.91 Å². The molecular weight excluding hydrogens is 288 g/mol. The molecule has 116 valence electrons. The maximum absolute atomic E-state index is 11.5. The molecule has 1 atom stereocenters. The number of nitrogens with one attached hydrogen (secondary N) is 1. The minimum Gasteiger partial charge on any atom is -0.481 e. The number of rotatable bonds is 6. The van der Waals surface area contributed by atoms with E-state index in [1.54, 1.807) is 11.3 Å². The van der Waals surface area contributed by atoms with Crippen LogP contribution < -0.4 is 5.32 Å². The van der Waals surface area contributed by atoms with E-state index in [0.29, 0.717) is 18.9 Å². The first-order chi connectivity index (χ1) is 10.1. The Morgan fingerprint density at radius 3 is 2.81 bits per heavy atom. The Morgan fingerprint density at radius 1 is 1.43 bits per heavy atom. The number of aliphatic carboxylic acids is 1. The number of hydrogen-bond donors (Lipinski definition) is 2. The predicted octanol–water partition coefficient (Wildman–Crippen LogP) is 2.57. The number of thiazole rings is 1. The molecule has 2 rings (SSSR count). The van der Waals surface area contributed by atoms with Crippen LogP contribution in [0, 0.1) is 5.92 Å². The van der Waals surface area contributed by atoms with Crippen LogP contribution in [0.1, 0.15) is 55.6 Å². The first-order valence-corrected chi connectivity index (χ1v) is 8.40. The van der Waals surface area contributed by atoms with E-state index in [0.717, 1.165) is 5.01 Å². The molecule has 1 amide bonds. The van der Waals surface area contributed by atoms with Crippen LogP contribution in [0.25, 0.3) is 0 Å². The molecule has 21 heavy (non-hydrogen) atoms. The Labute approximate surface area is 128 Å². The van der Waals surface area contributed by atoms with Crippen LogP contribution in [0.3, 0.4) is 0 Å². The zero-order chi connectivity index (χ0) is 15.2. The van der Waals surface area contributed by atoms with Crippen molar-refractivity contribution in [3.05, 3.63) is 16.1 Å². The van der Waals surface area contributed by atoms with E-state index >= 15 is 0 Å². The Morgan fingerprint density at radius 2 is 2.14 bits per heavy atom. The highest BCUT2D eigenvalue weighted by Crippen LogP contribution is 2.33. The van der Waals surface area contributed by atoms with Crippen LogP contribution in [0.2, 0.25) is 0 Å². The van der Waals surface area contributed by atoms with E-state index < -0.39 is 17.8 Å². The summed E-state index contributed by atoms with van der Waals surface area (Å²) in [5.41, 5.74) is 1.19. The highest BCUT2D eigenvalue weighted by molar-refractivity contribution is 7.09. The van der Waals surface area contributed by atoms with E-state index in [1.807, 2.05) is 0 Å². The molecule has 5 nitrogen and oxygen atoms in total. The molecule has 1 heterocycles. The fraction of sp³-hybridized carbons (Fsp3) is 0.667. The van der Waals surface area contributed by atoms with Crippen molar-refractivity contribution in [3.8, 4) is 0 Å². The maximum atomic E-state index is 11.5. The zero-order valence-electron chi connectivity index (χ0n) is 12.3. The van der Waals surface area contributed by atoms with Gasteiger partial charge in [-0.15, -0.1) is 11.3 Å². The molecule has 1 unspecified atom stereocenters. The molecule has 1 fully saturated rings. The van der Waals surface area contributed by atoms with Gasteiger partial charge in [-0.3, -0.25) is 9.59 Å². The van der Waals surface area contributed by atoms with Crippen LogP contribution in [-0.2, 0) is 16.0 Å². The Kier molecular flexibility index (Phi) is 5.73. The van der Waals surface area contributed by atoms with E-state index in [2.05, 4.69) is 15.7 Å². The van der Waals surface area contributed by atoms with Gasteiger partial charge in [-0.05, 0) is 19.8 Å². The highest BCUT2D eigenvalue weighted by Gasteiger charge is 2.20. The lowest BCUT2D eigenvalue weighted by Gasteiger charge is -2.19. The monoisotopic (exact) mass is 310 g/mol. The molecule has 1 aliphatic rings. The predicted molar refractivity (Wildman–Crippen MR) is 81.5 cm³/mol. The second-order valence-corrected chi connectivity index (χ2v) is 6.54. The largest absolute Gasteiger partial charge is 0.481 e. The van der Waals surface area contributed by atoms with Crippen molar-refractivity contribution in [1.82, 2.24) is 10.3 Å². The second-order valence-electron chi connectivity index (χ2n) is 5.60. The number of carbonyl (C=O) groups excluding carboxylic acids is 1. The van der Waals surface area contributed by atoms with Crippen LogP contribution in [0.5, 0.6) is 0 Å². The molecule has 1 aromatic rings. The van der Waals surface area contributed by atoms with E-state index in [4.69, 9.17) is 5.11 Å². The van der Waals surface area contributed by atoms with Crippen LogP contribution in [0.4, 0.5) is 0 Å². The highest BCUT2D eigenvalue weighted by atomic mass is 32.1. The Balaban J connectivity index is 1.77. The summed E-state index contributed by atoms with van der Waals surface area (Å²) in [5.74, 6) is -1.93. The molecule has 0 aromatic carbocycles. The second kappa shape index (κ2) is 7.54. The summed E-state index contributed by atoms with van der Waals surface area (Å²) in [6, 6.07) is 0. The van der Waals surface area contributed by atoms with Gasteiger partial charge in [0.15, 0.2) is 0 Å². The number of hydrogen-bond acceptors (Lipinski definition) is 4. The third-order valence-corrected chi connectivity index (χ3v) is 4.92. The summed E-state index contributed by atoms with van der Waals surface area (Å²) in [4.78, 5) is 26.9. The van der Waals surface area contributed by atoms with Gasteiger partial charge < -0.3 is 10.4 Å². The molecule has 0 radical (unpaired) electrons. The summed E-state index contributed by atoms with van der Waals surface area (Å²) in [6.45, 7) is 1.83. The topological polar surface area (TPSA) is 79.3 Å². The van der Waals surface area contributed by atoms with E-state index in [9.17, 15) is 9.59 Å². The lowest BCUT2D eigenvalue weighted by atomic mass is 9.87. The van der Waals surface area contributed by atoms with Crippen molar-refractivity contribution in [2.24, 2.45) is 5.92 Å². The van der Waals surface area contributed by atoms with Gasteiger partial charge in [0, 0.05) is 24.3 Å². The molecule has 0 aliphatic heterocycles. The van der Waals surface area contributed by atoms with Crippen molar-refractivity contribution in [3.63, 3.8) is 0 Å². The SMILES string of the molecule is CC(C(=O)O)C(=O)NCCc1nc(C2CCCCC2)cs1. The van der Waals surface area contributed by atoms with Crippen molar-refractivity contribution < 1.29 is 14.7 Å². The number of carbonyl (C=O) groups is 2. The van der Waals surface area contributed by atoms with E-state index in [-0.39, 0.29) is 0 Å². The summed E-state index contributed by atoms with van der Waals surface area (Å²) >= 11 is 1.63.